The van der Waals surface area contributed by atoms with E-state index in [-0.39, 0.29) is 0 Å². The van der Waals surface area contributed by atoms with Gasteiger partial charge in [0.25, 0.3) is 0 Å². The van der Waals surface area contributed by atoms with Gasteiger partial charge in [-0.2, -0.15) is 0 Å². The summed E-state index contributed by atoms with van der Waals surface area (Å²) in [6.45, 7) is 6.71. The Labute approximate surface area is 163 Å². The highest BCUT2D eigenvalue weighted by molar-refractivity contribution is 5.28. The molecule has 0 radical (unpaired) electrons. The van der Waals surface area contributed by atoms with E-state index in [0.29, 0.717) is 6.61 Å². The Morgan fingerprint density at radius 2 is 0.963 bits per heavy atom. The standard InChI is InChI=1S/C25H29NO/c1-3-20-5-7-22(8-6-20)17-26-18-23-9-11-24(12-10-23)19-27-25-15-13-21(4-2)14-16-25/h5-16,26H,3-4,17-19H2,1-2H3. The summed E-state index contributed by atoms with van der Waals surface area (Å²) in [5.74, 6) is 0.923. The second-order valence-electron chi connectivity index (χ2n) is 6.88. The minimum atomic E-state index is 0.600. The predicted octanol–water partition coefficient (Wildman–Crippen LogP) is 5.68. The third-order valence-electron chi connectivity index (χ3n) is 4.85. The molecule has 0 bridgehead atoms. The first-order valence-corrected chi connectivity index (χ1v) is 9.85. The lowest BCUT2D eigenvalue weighted by molar-refractivity contribution is 0.306. The van der Waals surface area contributed by atoms with E-state index < -0.39 is 0 Å². The van der Waals surface area contributed by atoms with Crippen molar-refractivity contribution in [2.75, 3.05) is 0 Å². The maximum Gasteiger partial charge on any atom is 0.119 e. The molecule has 2 nitrogen and oxygen atoms in total. The summed E-state index contributed by atoms with van der Waals surface area (Å²) in [7, 11) is 0. The summed E-state index contributed by atoms with van der Waals surface area (Å²) in [5, 5.41) is 3.51. The smallest absolute Gasteiger partial charge is 0.119 e. The van der Waals surface area contributed by atoms with E-state index in [0.717, 1.165) is 31.7 Å². The van der Waals surface area contributed by atoms with Crippen LogP contribution in [0.1, 0.15) is 41.7 Å². The largest absolute Gasteiger partial charge is 0.489 e. The van der Waals surface area contributed by atoms with Gasteiger partial charge in [0.2, 0.25) is 0 Å². The highest BCUT2D eigenvalue weighted by Gasteiger charge is 1.99. The molecule has 0 aliphatic rings. The molecule has 0 aliphatic heterocycles. The van der Waals surface area contributed by atoms with Crippen LogP contribution in [0.2, 0.25) is 0 Å². The summed E-state index contributed by atoms with van der Waals surface area (Å²) >= 11 is 0. The van der Waals surface area contributed by atoms with Crippen LogP contribution in [0.5, 0.6) is 5.75 Å². The Kier molecular flexibility index (Phi) is 7.06. The molecule has 0 aliphatic carbocycles. The molecule has 27 heavy (non-hydrogen) atoms. The molecule has 0 amide bonds. The molecule has 0 aromatic heterocycles. The second-order valence-corrected chi connectivity index (χ2v) is 6.88. The molecular weight excluding hydrogens is 330 g/mol. The number of ether oxygens (including phenoxy) is 1. The minimum absolute atomic E-state index is 0.600. The monoisotopic (exact) mass is 359 g/mol. The fourth-order valence-electron chi connectivity index (χ4n) is 2.99. The predicted molar refractivity (Wildman–Crippen MR) is 113 cm³/mol. The van der Waals surface area contributed by atoms with Gasteiger partial charge in [0.05, 0.1) is 0 Å². The molecule has 0 heterocycles. The van der Waals surface area contributed by atoms with Crippen molar-refractivity contribution in [2.45, 2.75) is 46.4 Å². The van der Waals surface area contributed by atoms with Crippen LogP contribution in [0.4, 0.5) is 0 Å². The van der Waals surface area contributed by atoms with Crippen molar-refractivity contribution in [3.05, 3.63) is 101 Å². The number of rotatable bonds is 9. The van der Waals surface area contributed by atoms with Crippen molar-refractivity contribution in [2.24, 2.45) is 0 Å². The van der Waals surface area contributed by atoms with E-state index in [2.05, 4.69) is 79.8 Å². The summed E-state index contributed by atoms with van der Waals surface area (Å²) in [6.07, 6.45) is 2.15. The van der Waals surface area contributed by atoms with Gasteiger partial charge in [-0.05, 0) is 52.8 Å². The molecule has 0 atom stereocenters. The minimum Gasteiger partial charge on any atom is -0.489 e. The van der Waals surface area contributed by atoms with Crippen molar-refractivity contribution in [1.82, 2.24) is 5.32 Å². The zero-order valence-electron chi connectivity index (χ0n) is 16.4. The van der Waals surface area contributed by atoms with Gasteiger partial charge in [-0.3, -0.25) is 0 Å². The topological polar surface area (TPSA) is 21.3 Å². The summed E-state index contributed by atoms with van der Waals surface area (Å²) < 4.78 is 5.87. The van der Waals surface area contributed by atoms with E-state index in [1.807, 2.05) is 12.1 Å². The van der Waals surface area contributed by atoms with E-state index in [9.17, 15) is 0 Å². The highest BCUT2D eigenvalue weighted by atomic mass is 16.5. The van der Waals surface area contributed by atoms with Crippen molar-refractivity contribution >= 4 is 0 Å². The van der Waals surface area contributed by atoms with E-state index >= 15 is 0 Å². The van der Waals surface area contributed by atoms with Crippen LogP contribution >= 0.6 is 0 Å². The third kappa shape index (κ3) is 5.97. The quantitative estimate of drug-likeness (QED) is 0.531. The Hall–Kier alpha value is -2.58. The highest BCUT2D eigenvalue weighted by Crippen LogP contribution is 2.15. The summed E-state index contributed by atoms with van der Waals surface area (Å²) in [4.78, 5) is 0. The Morgan fingerprint density at radius 3 is 1.44 bits per heavy atom. The first-order chi connectivity index (χ1) is 13.3. The van der Waals surface area contributed by atoms with Gasteiger partial charge >= 0.3 is 0 Å². The van der Waals surface area contributed by atoms with Crippen LogP contribution in [-0.2, 0) is 32.5 Å². The maximum absolute atomic E-state index is 5.87. The molecule has 0 fully saturated rings. The number of hydrogen-bond donors (Lipinski definition) is 1. The Balaban J connectivity index is 1.43. The number of nitrogens with one attached hydrogen (secondary N) is 1. The van der Waals surface area contributed by atoms with Crippen molar-refractivity contribution in [1.29, 1.82) is 0 Å². The van der Waals surface area contributed by atoms with Gasteiger partial charge in [0, 0.05) is 13.1 Å². The first-order valence-electron chi connectivity index (χ1n) is 9.85. The van der Waals surface area contributed by atoms with Gasteiger partial charge in [0.1, 0.15) is 12.4 Å². The average molecular weight is 360 g/mol. The van der Waals surface area contributed by atoms with Crippen molar-refractivity contribution in [3.63, 3.8) is 0 Å². The van der Waals surface area contributed by atoms with Gasteiger partial charge in [0.15, 0.2) is 0 Å². The molecule has 0 saturated carbocycles. The van der Waals surface area contributed by atoms with Crippen LogP contribution in [0, 0.1) is 0 Å². The lowest BCUT2D eigenvalue weighted by Gasteiger charge is -2.09. The van der Waals surface area contributed by atoms with Crippen LogP contribution in [0.15, 0.2) is 72.8 Å². The first kappa shape index (κ1) is 19.2. The van der Waals surface area contributed by atoms with Crippen LogP contribution < -0.4 is 10.1 Å². The lowest BCUT2D eigenvalue weighted by Crippen LogP contribution is -2.12. The fraction of sp³-hybridized carbons (Fsp3) is 0.280. The fourth-order valence-corrected chi connectivity index (χ4v) is 2.99. The van der Waals surface area contributed by atoms with Crippen LogP contribution in [0.3, 0.4) is 0 Å². The molecular formula is C25H29NO. The Morgan fingerprint density at radius 1 is 0.556 bits per heavy atom. The number of aryl methyl sites for hydroxylation is 2. The molecule has 0 spiro atoms. The second kappa shape index (κ2) is 9.94. The van der Waals surface area contributed by atoms with E-state index in [4.69, 9.17) is 4.74 Å². The Bertz CT molecular complexity index is 804. The molecule has 1 N–H and O–H groups in total. The molecule has 3 rings (SSSR count). The number of hydrogen-bond acceptors (Lipinski definition) is 2. The molecule has 0 saturated heterocycles. The summed E-state index contributed by atoms with van der Waals surface area (Å²) in [5.41, 5.74) is 6.52. The number of benzene rings is 3. The summed E-state index contributed by atoms with van der Waals surface area (Å²) in [6, 6.07) is 25.8. The van der Waals surface area contributed by atoms with Gasteiger partial charge in [-0.15, -0.1) is 0 Å². The van der Waals surface area contributed by atoms with E-state index in [1.54, 1.807) is 0 Å². The molecule has 3 aromatic carbocycles. The zero-order chi connectivity index (χ0) is 18.9. The molecule has 3 aromatic rings. The van der Waals surface area contributed by atoms with Crippen molar-refractivity contribution < 1.29 is 4.74 Å². The van der Waals surface area contributed by atoms with Crippen LogP contribution in [-0.4, -0.2) is 0 Å². The molecule has 140 valence electrons. The van der Waals surface area contributed by atoms with Gasteiger partial charge in [-0.25, -0.2) is 0 Å². The molecule has 2 heteroatoms. The maximum atomic E-state index is 5.87. The normalized spacial score (nSPS) is 10.7. The lowest BCUT2D eigenvalue weighted by atomic mass is 10.1. The zero-order valence-corrected chi connectivity index (χ0v) is 16.4. The average Bonchev–Trinajstić information content (AvgIpc) is 2.74. The van der Waals surface area contributed by atoms with Crippen LogP contribution in [0.25, 0.3) is 0 Å². The SMILES string of the molecule is CCc1ccc(CNCc2ccc(COc3ccc(CC)cc3)cc2)cc1. The van der Waals surface area contributed by atoms with Gasteiger partial charge < -0.3 is 10.1 Å². The third-order valence-corrected chi connectivity index (χ3v) is 4.85. The van der Waals surface area contributed by atoms with Gasteiger partial charge in [-0.1, -0.05) is 74.5 Å². The molecule has 0 unspecified atom stereocenters. The van der Waals surface area contributed by atoms with Crippen molar-refractivity contribution in [3.8, 4) is 5.75 Å². The van der Waals surface area contributed by atoms with E-state index in [1.165, 1.54) is 27.8 Å².